The fourth-order valence-corrected chi connectivity index (χ4v) is 1.46. The number of nitriles is 2. The molecule has 0 aromatic rings. The Balaban J connectivity index is 0. The molecule has 0 radical (unpaired) electrons. The summed E-state index contributed by atoms with van der Waals surface area (Å²) < 4.78 is 0. The first-order chi connectivity index (χ1) is 11.0. The van der Waals surface area contributed by atoms with Crippen molar-refractivity contribution in [1.29, 1.82) is 10.5 Å². The van der Waals surface area contributed by atoms with Crippen molar-refractivity contribution in [2.45, 2.75) is 105 Å². The second-order valence-electron chi connectivity index (χ2n) is 9.40. The van der Waals surface area contributed by atoms with Crippen molar-refractivity contribution in [2.75, 3.05) is 0 Å². The van der Waals surface area contributed by atoms with Crippen LogP contribution in [0.15, 0.2) is 20.5 Å². The van der Waals surface area contributed by atoms with Gasteiger partial charge in [0.05, 0.1) is 23.2 Å². The molecule has 1 unspecified atom stereocenters. The third kappa shape index (κ3) is 16.8. The van der Waals surface area contributed by atoms with Crippen molar-refractivity contribution in [3.8, 4) is 12.1 Å². The van der Waals surface area contributed by atoms with E-state index in [1.807, 2.05) is 48.5 Å². The summed E-state index contributed by atoms with van der Waals surface area (Å²) in [5, 5.41) is 33.8. The van der Waals surface area contributed by atoms with Gasteiger partial charge in [0, 0.05) is 0 Å². The van der Waals surface area contributed by atoms with Gasteiger partial charge in [-0.25, -0.2) is 0 Å². The molecule has 0 aliphatic carbocycles. The maximum absolute atomic E-state index is 9.03. The second-order valence-corrected chi connectivity index (χ2v) is 9.40. The van der Waals surface area contributed by atoms with E-state index in [9.17, 15) is 0 Å². The van der Waals surface area contributed by atoms with Crippen LogP contribution in [0.5, 0.6) is 0 Å². The minimum absolute atomic E-state index is 0.186. The molecule has 0 aliphatic heterocycles. The van der Waals surface area contributed by atoms with E-state index in [1.165, 1.54) is 0 Å². The van der Waals surface area contributed by atoms with Crippen LogP contribution < -0.4 is 0 Å². The van der Waals surface area contributed by atoms with Gasteiger partial charge in [-0.3, -0.25) is 0 Å². The molecule has 0 saturated heterocycles. The average molecular weight is 349 g/mol. The third-order valence-electron chi connectivity index (χ3n) is 2.49. The zero-order valence-corrected chi connectivity index (χ0v) is 18.0. The predicted molar refractivity (Wildman–Crippen MR) is 102 cm³/mol. The first-order valence-corrected chi connectivity index (χ1v) is 8.66. The smallest absolute Gasteiger partial charge is 0.164 e. The van der Waals surface area contributed by atoms with E-state index in [4.69, 9.17) is 10.5 Å². The van der Waals surface area contributed by atoms with Gasteiger partial charge in [-0.05, 0) is 74.7 Å². The summed E-state index contributed by atoms with van der Waals surface area (Å²) >= 11 is 0. The number of azo groups is 2. The Kier molecular flexibility index (Phi) is 9.77. The van der Waals surface area contributed by atoms with Crippen LogP contribution in [-0.2, 0) is 0 Å². The topological polar surface area (TPSA) is 97.0 Å². The molecule has 0 bridgehead atoms. The summed E-state index contributed by atoms with van der Waals surface area (Å²) in [6.45, 7) is 21.3. The lowest BCUT2D eigenvalue weighted by atomic mass is 9.93. The Morgan fingerprint density at radius 3 is 1.36 bits per heavy atom. The highest BCUT2D eigenvalue weighted by molar-refractivity contribution is 5.03. The Morgan fingerprint density at radius 2 is 1.08 bits per heavy atom. The predicted octanol–water partition coefficient (Wildman–Crippen LogP) is 6.10. The largest absolute Gasteiger partial charge is 0.196 e. The van der Waals surface area contributed by atoms with E-state index >= 15 is 0 Å². The lowest BCUT2D eigenvalue weighted by Gasteiger charge is -2.19. The maximum Gasteiger partial charge on any atom is 0.164 e. The fraction of sp³-hybridized carbons (Fsp3) is 0.895. The van der Waals surface area contributed by atoms with Crippen molar-refractivity contribution in [2.24, 2.45) is 26.4 Å². The number of rotatable bonds is 4. The van der Waals surface area contributed by atoms with E-state index in [0.29, 0.717) is 5.92 Å². The van der Waals surface area contributed by atoms with Gasteiger partial charge >= 0.3 is 0 Å². The standard InChI is InChI=1S/C11H21N3.C8H15N3/c1-9(2)7-11(6,8-12)14-13-10(3,4)5;1-7(2,3)10-11-8(4,5)6-9/h9H,7H2,1-6H3;1-5H3. The van der Waals surface area contributed by atoms with Gasteiger partial charge in [0.2, 0.25) is 0 Å². The summed E-state index contributed by atoms with van der Waals surface area (Å²) in [4.78, 5) is 0. The molecule has 0 aromatic heterocycles. The lowest BCUT2D eigenvalue weighted by Crippen LogP contribution is -2.23. The molecule has 0 fully saturated rings. The first-order valence-electron chi connectivity index (χ1n) is 8.66. The van der Waals surface area contributed by atoms with Crippen LogP contribution in [0.1, 0.15) is 82.6 Å². The molecule has 142 valence electrons. The fourth-order valence-electron chi connectivity index (χ4n) is 1.46. The molecule has 0 aromatic carbocycles. The SMILES string of the molecule is CC(C)(C)N=NC(C)(C)C#N.CC(C)CC(C)(C#N)N=NC(C)(C)C. The zero-order chi connectivity index (χ0) is 20.5. The molecule has 0 N–H and O–H groups in total. The second kappa shape index (κ2) is 9.61. The molecule has 0 rings (SSSR count). The van der Waals surface area contributed by atoms with E-state index in [-0.39, 0.29) is 11.1 Å². The number of hydrogen-bond donors (Lipinski definition) is 0. The van der Waals surface area contributed by atoms with E-state index < -0.39 is 11.1 Å². The molecule has 6 heteroatoms. The van der Waals surface area contributed by atoms with Gasteiger partial charge in [0.25, 0.3) is 0 Å². The van der Waals surface area contributed by atoms with Crippen LogP contribution in [0.25, 0.3) is 0 Å². The highest BCUT2D eigenvalue weighted by Crippen LogP contribution is 2.22. The normalized spacial score (nSPS) is 15.4. The van der Waals surface area contributed by atoms with Gasteiger partial charge in [0.1, 0.15) is 0 Å². The van der Waals surface area contributed by atoms with Crippen molar-refractivity contribution < 1.29 is 0 Å². The number of nitrogens with zero attached hydrogens (tertiary/aromatic N) is 6. The highest BCUT2D eigenvalue weighted by atomic mass is 15.2. The Bertz CT molecular complexity index is 532. The van der Waals surface area contributed by atoms with Gasteiger partial charge < -0.3 is 0 Å². The molecular formula is C19H36N6. The van der Waals surface area contributed by atoms with Crippen LogP contribution in [0.3, 0.4) is 0 Å². The van der Waals surface area contributed by atoms with Crippen LogP contribution in [0.4, 0.5) is 0 Å². The van der Waals surface area contributed by atoms with Gasteiger partial charge in [-0.15, -0.1) is 0 Å². The molecule has 0 saturated carbocycles. The van der Waals surface area contributed by atoms with Crippen molar-refractivity contribution >= 4 is 0 Å². The van der Waals surface area contributed by atoms with E-state index in [2.05, 4.69) is 46.4 Å². The molecule has 0 heterocycles. The zero-order valence-electron chi connectivity index (χ0n) is 18.0. The van der Waals surface area contributed by atoms with Crippen LogP contribution >= 0.6 is 0 Å². The first kappa shape index (κ1) is 25.4. The van der Waals surface area contributed by atoms with E-state index in [1.54, 1.807) is 13.8 Å². The molecule has 25 heavy (non-hydrogen) atoms. The molecule has 1 atom stereocenters. The summed E-state index contributed by atoms with van der Waals surface area (Å²) in [7, 11) is 0. The average Bonchev–Trinajstić information content (AvgIpc) is 2.42. The molecule has 0 amide bonds. The van der Waals surface area contributed by atoms with Gasteiger partial charge in [-0.1, -0.05) is 13.8 Å². The molecular weight excluding hydrogens is 312 g/mol. The quantitative estimate of drug-likeness (QED) is 0.573. The van der Waals surface area contributed by atoms with Gasteiger partial charge in [0.15, 0.2) is 11.1 Å². The number of hydrogen-bond acceptors (Lipinski definition) is 6. The van der Waals surface area contributed by atoms with Crippen molar-refractivity contribution in [3.05, 3.63) is 0 Å². The Morgan fingerprint density at radius 1 is 0.680 bits per heavy atom. The van der Waals surface area contributed by atoms with Crippen LogP contribution in [0.2, 0.25) is 0 Å². The minimum Gasteiger partial charge on any atom is -0.196 e. The highest BCUT2D eigenvalue weighted by Gasteiger charge is 2.25. The minimum atomic E-state index is -0.687. The summed E-state index contributed by atoms with van der Waals surface area (Å²) in [6.07, 6.45) is 0.753. The Hall–Kier alpha value is -1.82. The lowest BCUT2D eigenvalue weighted by molar-refractivity contribution is 0.407. The monoisotopic (exact) mass is 348 g/mol. The van der Waals surface area contributed by atoms with Crippen molar-refractivity contribution in [3.63, 3.8) is 0 Å². The molecule has 6 nitrogen and oxygen atoms in total. The third-order valence-corrected chi connectivity index (χ3v) is 2.49. The summed E-state index contributed by atoms with van der Waals surface area (Å²) in [5.41, 5.74) is -1.74. The van der Waals surface area contributed by atoms with E-state index in [0.717, 1.165) is 6.42 Å². The summed E-state index contributed by atoms with van der Waals surface area (Å²) in [5.74, 6) is 0.457. The molecule has 0 spiro atoms. The van der Waals surface area contributed by atoms with Gasteiger partial charge in [-0.2, -0.15) is 31.0 Å². The maximum atomic E-state index is 9.03. The summed E-state index contributed by atoms with van der Waals surface area (Å²) in [6, 6.07) is 4.28. The van der Waals surface area contributed by atoms with Crippen molar-refractivity contribution in [1.82, 2.24) is 0 Å². The van der Waals surface area contributed by atoms with Crippen LogP contribution in [-0.4, -0.2) is 22.2 Å². The van der Waals surface area contributed by atoms with Crippen LogP contribution in [0, 0.1) is 28.6 Å². The Labute approximate surface area is 154 Å². The molecule has 0 aliphatic rings.